The van der Waals surface area contributed by atoms with Crippen LogP contribution < -0.4 is 12.4 Å². The molecule has 0 unspecified atom stereocenters. The zero-order chi connectivity index (χ0) is 25.9. The van der Waals surface area contributed by atoms with E-state index in [2.05, 4.69) is 52.4 Å². The Morgan fingerprint density at radius 1 is 0.684 bits per heavy atom. The molecule has 0 bridgehead atoms. The van der Waals surface area contributed by atoms with E-state index in [0.717, 1.165) is 33.3 Å². The molecule has 0 aliphatic heterocycles. The summed E-state index contributed by atoms with van der Waals surface area (Å²) in [4.78, 5) is 12.9. The van der Waals surface area contributed by atoms with Crippen molar-refractivity contribution in [3.8, 4) is 11.4 Å². The molecular formula is C26H18ClF6N3PRu. The third-order valence-corrected chi connectivity index (χ3v) is 4.88. The molecular weight excluding hydrogens is 636 g/mol. The second kappa shape index (κ2) is 11.4. The number of nitrogens with zero attached hydrogens (tertiary/aromatic N) is 2. The normalized spacial score (nSPS) is 12.5. The summed E-state index contributed by atoms with van der Waals surface area (Å²) in [7, 11) is -10.7. The van der Waals surface area contributed by atoms with E-state index in [1.807, 2.05) is 66.9 Å². The SMILES string of the molecule is F[P-](F)(F)(F)(F)F.[Cl-].[Ru+3].[c-]1ccccc1.c1ccc2nc(-c3nccc4c3[nH]c3ccccc34)ccc2c1. The van der Waals surface area contributed by atoms with Gasteiger partial charge in [0.25, 0.3) is 0 Å². The number of pyridine rings is 2. The summed E-state index contributed by atoms with van der Waals surface area (Å²) >= 11 is 0. The van der Waals surface area contributed by atoms with Crippen molar-refractivity contribution in [1.82, 2.24) is 15.0 Å². The predicted octanol–water partition coefficient (Wildman–Crippen LogP) is 6.80. The molecule has 3 aromatic heterocycles. The molecule has 6 rings (SSSR count). The van der Waals surface area contributed by atoms with Crippen LogP contribution >= 0.6 is 7.81 Å². The van der Waals surface area contributed by atoms with Gasteiger partial charge in [-0.25, -0.2) is 4.98 Å². The topological polar surface area (TPSA) is 41.6 Å². The van der Waals surface area contributed by atoms with Gasteiger partial charge in [-0.15, -0.1) is 0 Å². The first kappa shape index (κ1) is 31.2. The van der Waals surface area contributed by atoms with Gasteiger partial charge in [-0.1, -0.05) is 42.5 Å². The predicted molar refractivity (Wildman–Crippen MR) is 133 cm³/mol. The summed E-state index contributed by atoms with van der Waals surface area (Å²) < 4.78 is 59.2. The summed E-state index contributed by atoms with van der Waals surface area (Å²) in [5, 5.41) is 3.53. The molecule has 12 heteroatoms. The van der Waals surface area contributed by atoms with E-state index in [-0.39, 0.29) is 31.9 Å². The second-order valence-electron chi connectivity index (χ2n) is 7.68. The van der Waals surface area contributed by atoms with Gasteiger partial charge >= 0.3 is 52.5 Å². The van der Waals surface area contributed by atoms with Crippen LogP contribution in [0.25, 0.3) is 44.1 Å². The maximum atomic E-state index is 9.87. The number of fused-ring (bicyclic) bond motifs is 4. The Bertz CT molecular complexity index is 1610. The first-order valence-corrected chi connectivity index (χ1v) is 12.6. The van der Waals surface area contributed by atoms with Crippen LogP contribution in [0.15, 0.2) is 103 Å². The summed E-state index contributed by atoms with van der Waals surface area (Å²) in [6.45, 7) is 0. The van der Waals surface area contributed by atoms with E-state index in [4.69, 9.17) is 4.98 Å². The number of aromatic amines is 1. The smallest absolute Gasteiger partial charge is 1.00 e. The molecule has 0 spiro atoms. The molecule has 0 aliphatic rings. The third-order valence-electron chi connectivity index (χ3n) is 4.88. The van der Waals surface area contributed by atoms with Gasteiger partial charge in [0.1, 0.15) is 5.69 Å². The molecule has 0 saturated carbocycles. The monoisotopic (exact) mass is 654 g/mol. The summed E-state index contributed by atoms with van der Waals surface area (Å²) in [5.74, 6) is 0. The van der Waals surface area contributed by atoms with Gasteiger partial charge in [0.2, 0.25) is 0 Å². The van der Waals surface area contributed by atoms with Gasteiger partial charge < -0.3 is 17.4 Å². The first-order valence-electron chi connectivity index (χ1n) is 10.5. The molecule has 199 valence electrons. The van der Waals surface area contributed by atoms with E-state index in [0.29, 0.717) is 0 Å². The standard InChI is InChI=1S/C20H13N3.C6H5.ClH.F6P.Ru/c1-3-7-16-13(5-1)9-10-18(22-16)20-19-15(11-12-21-20)14-6-2-4-8-17(14)23-19;1-2-4-6-5-3-1;;1-7(2,3,4,5)6;/h1-12,23H;1-5H;1H;;/q;-1;;-1;+3/p-1. The van der Waals surface area contributed by atoms with Crippen molar-refractivity contribution in [2.45, 2.75) is 0 Å². The molecule has 3 nitrogen and oxygen atoms in total. The molecule has 0 fully saturated rings. The number of rotatable bonds is 1. The van der Waals surface area contributed by atoms with Crippen LogP contribution in [0.3, 0.4) is 0 Å². The van der Waals surface area contributed by atoms with E-state index in [9.17, 15) is 25.2 Å². The van der Waals surface area contributed by atoms with Gasteiger partial charge in [0, 0.05) is 27.9 Å². The molecule has 0 aliphatic carbocycles. The van der Waals surface area contributed by atoms with Crippen molar-refractivity contribution < 1.29 is 57.1 Å². The Morgan fingerprint density at radius 3 is 1.95 bits per heavy atom. The molecule has 3 aromatic carbocycles. The Balaban J connectivity index is 0.000000284. The van der Waals surface area contributed by atoms with Crippen molar-refractivity contribution in [3.63, 3.8) is 0 Å². The summed E-state index contributed by atoms with van der Waals surface area (Å²) in [6, 6.07) is 35.2. The quantitative estimate of drug-likeness (QED) is 0.0918. The van der Waals surface area contributed by atoms with Gasteiger partial charge in [0.15, 0.2) is 0 Å². The van der Waals surface area contributed by atoms with Crippen LogP contribution in [0.2, 0.25) is 0 Å². The van der Waals surface area contributed by atoms with Crippen LogP contribution in [0.4, 0.5) is 25.2 Å². The number of hydrogen-bond acceptors (Lipinski definition) is 2. The number of benzene rings is 3. The van der Waals surface area contributed by atoms with Crippen LogP contribution in [0.5, 0.6) is 0 Å². The molecule has 0 amide bonds. The largest absolute Gasteiger partial charge is 3.00 e. The van der Waals surface area contributed by atoms with E-state index in [1.54, 1.807) is 0 Å². The zero-order valence-corrected chi connectivity index (χ0v) is 22.5. The van der Waals surface area contributed by atoms with Crippen molar-refractivity contribution in [2.75, 3.05) is 0 Å². The van der Waals surface area contributed by atoms with Crippen molar-refractivity contribution in [3.05, 3.63) is 109 Å². The van der Waals surface area contributed by atoms with Crippen LogP contribution in [0.1, 0.15) is 0 Å². The van der Waals surface area contributed by atoms with Gasteiger partial charge in [-0.2, -0.15) is 36.4 Å². The average Bonchev–Trinajstić information content (AvgIpc) is 3.22. The molecule has 38 heavy (non-hydrogen) atoms. The fraction of sp³-hybridized carbons (Fsp3) is 0. The molecule has 1 N–H and O–H groups in total. The minimum absolute atomic E-state index is 0. The zero-order valence-electron chi connectivity index (χ0n) is 19.2. The van der Waals surface area contributed by atoms with Crippen molar-refractivity contribution >= 4 is 40.5 Å². The van der Waals surface area contributed by atoms with E-state index in [1.165, 1.54) is 10.8 Å². The van der Waals surface area contributed by atoms with E-state index >= 15 is 0 Å². The average molecular weight is 654 g/mol. The fourth-order valence-electron chi connectivity index (χ4n) is 3.51. The molecule has 1 radical (unpaired) electrons. The van der Waals surface area contributed by atoms with Crippen molar-refractivity contribution in [1.29, 1.82) is 0 Å². The maximum Gasteiger partial charge on any atom is 3.00 e. The number of aromatic nitrogens is 3. The second-order valence-corrected chi connectivity index (χ2v) is 9.59. The minimum Gasteiger partial charge on any atom is -1.00 e. The van der Waals surface area contributed by atoms with Crippen molar-refractivity contribution in [2.24, 2.45) is 0 Å². The number of halogens is 7. The minimum atomic E-state index is -10.7. The number of hydrogen-bond donors (Lipinski definition) is 1. The molecule has 0 saturated heterocycles. The van der Waals surface area contributed by atoms with Crippen LogP contribution in [-0.2, 0) is 19.5 Å². The van der Waals surface area contributed by atoms with Gasteiger partial charge in [-0.3, -0.25) is 4.98 Å². The molecule has 3 heterocycles. The number of H-pyrrole nitrogens is 1. The van der Waals surface area contributed by atoms with Crippen LogP contribution in [-0.4, -0.2) is 15.0 Å². The Kier molecular flexibility index (Phi) is 9.32. The summed E-state index contributed by atoms with van der Waals surface area (Å²) in [5.41, 5.74) is 4.93. The molecule has 6 aromatic rings. The Morgan fingerprint density at radius 2 is 1.32 bits per heavy atom. The first-order chi connectivity index (χ1) is 16.8. The Hall–Kier alpha value is -3.06. The number of para-hydroxylation sites is 2. The fourth-order valence-corrected chi connectivity index (χ4v) is 3.51. The molecule has 0 atom stereocenters. The third kappa shape index (κ3) is 9.36. The van der Waals surface area contributed by atoms with Gasteiger partial charge in [0.05, 0.1) is 16.7 Å². The Labute approximate surface area is 232 Å². The van der Waals surface area contributed by atoms with Gasteiger partial charge in [-0.05, 0) is 24.3 Å². The number of nitrogens with one attached hydrogen (secondary N) is 1. The van der Waals surface area contributed by atoms with Crippen LogP contribution in [0, 0.1) is 6.07 Å². The van der Waals surface area contributed by atoms with E-state index < -0.39 is 7.81 Å². The summed E-state index contributed by atoms with van der Waals surface area (Å²) in [6.07, 6.45) is 1.86. The maximum absolute atomic E-state index is 10.7.